The SMILES string of the molecule is CCCCCCCCCCCCCCCCCCCCC(CO)OCc1cc(F)cc(C#N)c1. The minimum atomic E-state index is -0.429. The second kappa shape index (κ2) is 22.1. The number of aliphatic hydroxyl groups excluding tert-OH is 1. The Morgan fingerprint density at radius 1 is 0.765 bits per heavy atom. The Balaban J connectivity index is 1.89. The van der Waals surface area contributed by atoms with Crippen molar-refractivity contribution in [1.29, 1.82) is 5.26 Å². The quantitative estimate of drug-likeness (QED) is 0.161. The van der Waals surface area contributed by atoms with Gasteiger partial charge in [0.1, 0.15) is 5.82 Å². The van der Waals surface area contributed by atoms with E-state index in [0.29, 0.717) is 11.1 Å². The van der Waals surface area contributed by atoms with E-state index in [2.05, 4.69) is 6.92 Å². The van der Waals surface area contributed by atoms with E-state index in [0.717, 1.165) is 19.3 Å². The smallest absolute Gasteiger partial charge is 0.124 e. The predicted molar refractivity (Wildman–Crippen MR) is 140 cm³/mol. The Kier molecular flexibility index (Phi) is 19.8. The van der Waals surface area contributed by atoms with Gasteiger partial charge in [0.05, 0.1) is 31.0 Å². The van der Waals surface area contributed by atoms with Crippen LogP contribution in [0.25, 0.3) is 0 Å². The van der Waals surface area contributed by atoms with Gasteiger partial charge < -0.3 is 9.84 Å². The molecular formula is C30H50FNO2. The number of hydrogen-bond acceptors (Lipinski definition) is 3. The average Bonchev–Trinajstić information content (AvgIpc) is 2.84. The lowest BCUT2D eigenvalue weighted by Gasteiger charge is -2.15. The van der Waals surface area contributed by atoms with Gasteiger partial charge in [-0.15, -0.1) is 0 Å². The molecule has 4 heteroatoms. The van der Waals surface area contributed by atoms with E-state index >= 15 is 0 Å². The highest BCUT2D eigenvalue weighted by Crippen LogP contribution is 2.16. The number of nitrogens with zero attached hydrogens (tertiary/aromatic N) is 1. The summed E-state index contributed by atoms with van der Waals surface area (Å²) in [5.41, 5.74) is 0.926. The number of unbranched alkanes of at least 4 members (excludes halogenated alkanes) is 17. The zero-order chi connectivity index (χ0) is 24.7. The molecule has 0 saturated heterocycles. The largest absolute Gasteiger partial charge is 0.394 e. The van der Waals surface area contributed by atoms with E-state index in [1.807, 2.05) is 6.07 Å². The Morgan fingerprint density at radius 2 is 1.24 bits per heavy atom. The zero-order valence-electron chi connectivity index (χ0n) is 21.8. The van der Waals surface area contributed by atoms with E-state index in [-0.39, 0.29) is 19.3 Å². The van der Waals surface area contributed by atoms with Crippen LogP contribution < -0.4 is 0 Å². The number of benzene rings is 1. The fraction of sp³-hybridized carbons (Fsp3) is 0.767. The van der Waals surface area contributed by atoms with Gasteiger partial charge in [-0.2, -0.15) is 5.26 Å². The molecule has 194 valence electrons. The van der Waals surface area contributed by atoms with Crippen LogP contribution >= 0.6 is 0 Å². The van der Waals surface area contributed by atoms with Crippen LogP contribution in [0.5, 0.6) is 0 Å². The Morgan fingerprint density at radius 3 is 1.68 bits per heavy atom. The Hall–Kier alpha value is -1.44. The minimum absolute atomic E-state index is 0.0284. The van der Waals surface area contributed by atoms with Crippen LogP contribution in [0.3, 0.4) is 0 Å². The van der Waals surface area contributed by atoms with Crippen LogP contribution in [-0.4, -0.2) is 17.8 Å². The van der Waals surface area contributed by atoms with Crippen LogP contribution in [-0.2, 0) is 11.3 Å². The monoisotopic (exact) mass is 475 g/mol. The first-order valence-electron chi connectivity index (χ1n) is 14.1. The van der Waals surface area contributed by atoms with Gasteiger partial charge in [-0.05, 0) is 30.2 Å². The summed E-state index contributed by atoms with van der Waals surface area (Å²) in [6.07, 6.45) is 25.0. The lowest BCUT2D eigenvalue weighted by atomic mass is 10.0. The number of aliphatic hydroxyl groups is 1. The molecule has 0 fully saturated rings. The van der Waals surface area contributed by atoms with Crippen molar-refractivity contribution in [3.63, 3.8) is 0 Å². The molecule has 0 heterocycles. The summed E-state index contributed by atoms with van der Waals surface area (Å²) in [5.74, 6) is -0.429. The first-order valence-corrected chi connectivity index (χ1v) is 14.1. The molecule has 1 N–H and O–H groups in total. The van der Waals surface area contributed by atoms with E-state index in [4.69, 9.17) is 10.00 Å². The summed E-state index contributed by atoms with van der Waals surface area (Å²) in [4.78, 5) is 0. The number of ether oxygens (including phenoxy) is 1. The molecule has 0 aliphatic rings. The fourth-order valence-electron chi connectivity index (χ4n) is 4.51. The molecule has 1 rings (SSSR count). The van der Waals surface area contributed by atoms with Crippen LogP contribution in [0, 0.1) is 17.1 Å². The Bertz CT molecular complexity index is 643. The highest BCUT2D eigenvalue weighted by atomic mass is 19.1. The van der Waals surface area contributed by atoms with Crippen molar-refractivity contribution in [2.24, 2.45) is 0 Å². The molecule has 1 aromatic rings. The standard InChI is InChI=1S/C30H50FNO2/c1-2-3-4-5-6-7-8-9-10-11-12-13-14-15-16-17-18-19-20-30(25-33)34-26-28-21-27(24-32)22-29(31)23-28/h21-23,30,33H,2-20,25-26H2,1H3. The molecule has 1 unspecified atom stereocenters. The number of rotatable bonds is 23. The van der Waals surface area contributed by atoms with Gasteiger partial charge in [-0.1, -0.05) is 122 Å². The summed E-state index contributed by atoms with van der Waals surface area (Å²) in [7, 11) is 0. The van der Waals surface area contributed by atoms with Crippen LogP contribution in [0.1, 0.15) is 140 Å². The third-order valence-corrected chi connectivity index (χ3v) is 6.66. The average molecular weight is 476 g/mol. The topological polar surface area (TPSA) is 53.2 Å². The molecule has 1 atom stereocenters. The molecule has 34 heavy (non-hydrogen) atoms. The van der Waals surface area contributed by atoms with Gasteiger partial charge >= 0.3 is 0 Å². The second-order valence-corrected chi connectivity index (χ2v) is 9.87. The second-order valence-electron chi connectivity index (χ2n) is 9.87. The third kappa shape index (κ3) is 17.1. The first kappa shape index (κ1) is 30.6. The van der Waals surface area contributed by atoms with Crippen molar-refractivity contribution >= 4 is 0 Å². The predicted octanol–water partition coefficient (Wildman–Crippen LogP) is 9.01. The van der Waals surface area contributed by atoms with Gasteiger partial charge in [0.2, 0.25) is 0 Å². The maximum Gasteiger partial charge on any atom is 0.124 e. The van der Waals surface area contributed by atoms with E-state index < -0.39 is 5.82 Å². The van der Waals surface area contributed by atoms with E-state index in [1.54, 1.807) is 6.07 Å². The zero-order valence-corrected chi connectivity index (χ0v) is 21.8. The van der Waals surface area contributed by atoms with Crippen molar-refractivity contribution in [3.8, 4) is 6.07 Å². The molecular weight excluding hydrogens is 425 g/mol. The summed E-state index contributed by atoms with van der Waals surface area (Å²) < 4.78 is 19.2. The molecule has 1 aromatic carbocycles. The van der Waals surface area contributed by atoms with Crippen molar-refractivity contribution in [2.75, 3.05) is 6.61 Å². The highest BCUT2D eigenvalue weighted by molar-refractivity contribution is 5.33. The van der Waals surface area contributed by atoms with Gasteiger partial charge in [0.25, 0.3) is 0 Å². The van der Waals surface area contributed by atoms with Crippen LogP contribution in [0.2, 0.25) is 0 Å². The minimum Gasteiger partial charge on any atom is -0.394 e. The maximum absolute atomic E-state index is 13.5. The normalized spacial score (nSPS) is 12.1. The van der Waals surface area contributed by atoms with Crippen molar-refractivity contribution < 1.29 is 14.2 Å². The summed E-state index contributed by atoms with van der Waals surface area (Å²) in [6.45, 7) is 2.47. The summed E-state index contributed by atoms with van der Waals surface area (Å²) in [6, 6.07) is 6.18. The third-order valence-electron chi connectivity index (χ3n) is 6.66. The van der Waals surface area contributed by atoms with Crippen LogP contribution in [0.4, 0.5) is 4.39 Å². The summed E-state index contributed by atoms with van der Waals surface area (Å²) >= 11 is 0. The van der Waals surface area contributed by atoms with Gasteiger partial charge in [-0.3, -0.25) is 0 Å². The molecule has 0 amide bonds. The molecule has 0 aromatic heterocycles. The van der Waals surface area contributed by atoms with Crippen molar-refractivity contribution in [2.45, 2.75) is 142 Å². The highest BCUT2D eigenvalue weighted by Gasteiger charge is 2.09. The van der Waals surface area contributed by atoms with E-state index in [9.17, 15) is 9.50 Å². The molecule has 0 radical (unpaired) electrons. The van der Waals surface area contributed by atoms with Crippen molar-refractivity contribution in [3.05, 3.63) is 35.1 Å². The number of nitriles is 1. The molecule has 0 spiro atoms. The van der Waals surface area contributed by atoms with E-state index in [1.165, 1.54) is 115 Å². The molecule has 0 aliphatic carbocycles. The van der Waals surface area contributed by atoms with Gasteiger partial charge in [0, 0.05) is 0 Å². The van der Waals surface area contributed by atoms with Crippen LogP contribution in [0.15, 0.2) is 18.2 Å². The molecule has 0 saturated carbocycles. The lowest BCUT2D eigenvalue weighted by molar-refractivity contribution is -0.00357. The number of halogens is 1. The molecule has 3 nitrogen and oxygen atoms in total. The first-order chi connectivity index (χ1) is 16.7. The Labute approximate surface area is 209 Å². The lowest BCUT2D eigenvalue weighted by Crippen LogP contribution is -2.17. The van der Waals surface area contributed by atoms with Gasteiger partial charge in [-0.25, -0.2) is 4.39 Å². The molecule has 0 bridgehead atoms. The molecule has 0 aliphatic heterocycles. The summed E-state index contributed by atoms with van der Waals surface area (Å²) in [5, 5.41) is 18.5. The maximum atomic E-state index is 13.5. The fourth-order valence-corrected chi connectivity index (χ4v) is 4.51. The van der Waals surface area contributed by atoms with Gasteiger partial charge in [0.15, 0.2) is 0 Å². The number of hydrogen-bond donors (Lipinski definition) is 1. The van der Waals surface area contributed by atoms with Crippen molar-refractivity contribution in [1.82, 2.24) is 0 Å².